The molecular formula is C24H21N3O3S. The molecule has 1 N–H and O–H groups in total. The number of amides is 1. The minimum Gasteiger partial charge on any atom is -0.497 e. The van der Waals surface area contributed by atoms with Gasteiger partial charge < -0.3 is 10.1 Å². The Labute approximate surface area is 183 Å². The summed E-state index contributed by atoms with van der Waals surface area (Å²) in [5.41, 5.74) is 2.90. The Morgan fingerprint density at radius 1 is 1.06 bits per heavy atom. The van der Waals surface area contributed by atoms with E-state index in [9.17, 15) is 9.59 Å². The molecule has 156 valence electrons. The molecule has 0 spiro atoms. The van der Waals surface area contributed by atoms with Crippen molar-refractivity contribution >= 4 is 17.2 Å². The van der Waals surface area contributed by atoms with Gasteiger partial charge in [0.15, 0.2) is 0 Å². The number of aromatic nitrogens is 2. The maximum Gasteiger partial charge on any atom is 0.255 e. The Morgan fingerprint density at radius 2 is 1.84 bits per heavy atom. The van der Waals surface area contributed by atoms with Crippen LogP contribution in [0, 0.1) is 0 Å². The largest absolute Gasteiger partial charge is 0.497 e. The molecule has 4 rings (SSSR count). The first-order valence-corrected chi connectivity index (χ1v) is 10.7. The Bertz CT molecular complexity index is 1230. The summed E-state index contributed by atoms with van der Waals surface area (Å²) < 4.78 is 6.65. The third-order valence-corrected chi connectivity index (χ3v) is 5.68. The van der Waals surface area contributed by atoms with Crippen molar-refractivity contribution in [3.8, 4) is 22.7 Å². The van der Waals surface area contributed by atoms with E-state index in [-0.39, 0.29) is 11.5 Å². The highest BCUT2D eigenvalue weighted by atomic mass is 32.1. The van der Waals surface area contributed by atoms with Gasteiger partial charge in [0.1, 0.15) is 5.75 Å². The molecule has 1 amide bonds. The zero-order chi connectivity index (χ0) is 21.6. The molecule has 0 unspecified atom stereocenters. The van der Waals surface area contributed by atoms with Crippen LogP contribution in [0.15, 0.2) is 83.1 Å². The molecule has 2 aromatic carbocycles. The van der Waals surface area contributed by atoms with Crippen molar-refractivity contribution in [2.24, 2.45) is 0 Å². The van der Waals surface area contributed by atoms with Crippen LogP contribution in [0.25, 0.3) is 16.9 Å². The van der Waals surface area contributed by atoms with Gasteiger partial charge in [-0.25, -0.2) is 4.98 Å². The highest BCUT2D eigenvalue weighted by molar-refractivity contribution is 7.09. The number of nitrogens with zero attached hydrogens (tertiary/aromatic N) is 2. The van der Waals surface area contributed by atoms with E-state index in [1.54, 1.807) is 30.7 Å². The maximum absolute atomic E-state index is 12.6. The summed E-state index contributed by atoms with van der Waals surface area (Å²) in [6, 6.07) is 19.9. The average Bonchev–Trinajstić information content (AvgIpc) is 3.29. The highest BCUT2D eigenvalue weighted by Crippen LogP contribution is 2.24. The van der Waals surface area contributed by atoms with E-state index in [4.69, 9.17) is 4.74 Å². The van der Waals surface area contributed by atoms with Gasteiger partial charge in [0.05, 0.1) is 23.4 Å². The van der Waals surface area contributed by atoms with Gasteiger partial charge in [-0.2, -0.15) is 0 Å². The van der Waals surface area contributed by atoms with Crippen LogP contribution in [0.4, 0.5) is 0 Å². The predicted molar refractivity (Wildman–Crippen MR) is 122 cm³/mol. The van der Waals surface area contributed by atoms with E-state index in [0.717, 1.165) is 27.7 Å². The molecule has 0 saturated carbocycles. The Kier molecular flexibility index (Phi) is 6.24. The Balaban J connectivity index is 1.38. The number of methoxy groups -OCH3 is 1. The summed E-state index contributed by atoms with van der Waals surface area (Å²) in [7, 11) is 1.64. The van der Waals surface area contributed by atoms with Gasteiger partial charge in [0.2, 0.25) is 0 Å². The first-order valence-electron chi connectivity index (χ1n) is 9.79. The minimum atomic E-state index is -0.225. The van der Waals surface area contributed by atoms with Crippen molar-refractivity contribution in [2.75, 3.05) is 13.7 Å². The van der Waals surface area contributed by atoms with Crippen LogP contribution >= 0.6 is 11.3 Å². The molecule has 0 saturated heterocycles. The zero-order valence-corrected chi connectivity index (χ0v) is 17.8. The summed E-state index contributed by atoms with van der Waals surface area (Å²) in [5, 5.41) is 5.86. The van der Waals surface area contributed by atoms with Crippen molar-refractivity contribution in [1.29, 1.82) is 0 Å². The van der Waals surface area contributed by atoms with Crippen LogP contribution in [0.1, 0.15) is 15.4 Å². The molecule has 2 aromatic heterocycles. The Morgan fingerprint density at radius 3 is 2.58 bits per heavy atom. The van der Waals surface area contributed by atoms with E-state index in [1.807, 2.05) is 60.0 Å². The van der Waals surface area contributed by atoms with E-state index in [0.29, 0.717) is 18.5 Å². The van der Waals surface area contributed by atoms with Crippen molar-refractivity contribution in [2.45, 2.75) is 6.42 Å². The quantitative estimate of drug-likeness (QED) is 0.481. The second-order valence-corrected chi connectivity index (χ2v) is 7.77. The van der Waals surface area contributed by atoms with Gasteiger partial charge in [-0.1, -0.05) is 18.2 Å². The molecule has 0 radical (unpaired) electrons. The smallest absolute Gasteiger partial charge is 0.255 e. The number of para-hydroxylation sites is 1. The molecular weight excluding hydrogens is 410 g/mol. The van der Waals surface area contributed by atoms with Crippen molar-refractivity contribution in [3.63, 3.8) is 0 Å². The van der Waals surface area contributed by atoms with Crippen LogP contribution in [0.5, 0.6) is 5.75 Å². The summed E-state index contributed by atoms with van der Waals surface area (Å²) in [4.78, 5) is 29.4. The lowest BCUT2D eigenvalue weighted by molar-refractivity contribution is 0.0953. The van der Waals surface area contributed by atoms with Gasteiger partial charge in [-0.05, 0) is 42.5 Å². The number of hydrogen-bond acceptors (Lipinski definition) is 5. The number of benzene rings is 2. The summed E-state index contributed by atoms with van der Waals surface area (Å²) >= 11 is 1.56. The van der Waals surface area contributed by atoms with Crippen LogP contribution in [0.2, 0.25) is 0 Å². The maximum atomic E-state index is 12.6. The molecule has 7 heteroatoms. The fraction of sp³-hybridized carbons (Fsp3) is 0.125. The molecule has 0 fully saturated rings. The van der Waals surface area contributed by atoms with Gasteiger partial charge in [0.25, 0.3) is 11.5 Å². The number of thiazole rings is 1. The number of carbonyl (C=O) groups excluding carboxylic acids is 1. The number of ether oxygens (including phenoxy) is 1. The second kappa shape index (κ2) is 9.40. The first-order chi connectivity index (χ1) is 15.1. The second-order valence-electron chi connectivity index (χ2n) is 6.82. The molecule has 0 atom stereocenters. The number of hydrogen-bond donors (Lipinski definition) is 1. The standard InChI is InChI=1S/C24H21N3O3S/c1-30-20-10-7-17(8-11-20)21-16-31-22(26-21)13-14-25-24(29)18-9-12-23(28)27(15-18)19-5-3-2-4-6-19/h2-12,15-16H,13-14H2,1H3,(H,25,29). The van der Waals surface area contributed by atoms with Gasteiger partial charge in [-0.3, -0.25) is 14.2 Å². The summed E-state index contributed by atoms with van der Waals surface area (Å²) in [6.45, 7) is 0.457. The van der Waals surface area contributed by atoms with Crippen molar-refractivity contribution in [1.82, 2.24) is 14.9 Å². The monoisotopic (exact) mass is 431 g/mol. The van der Waals surface area contributed by atoms with Crippen molar-refractivity contribution in [3.05, 3.63) is 99.2 Å². The number of nitrogens with one attached hydrogen (secondary N) is 1. The molecule has 2 heterocycles. The van der Waals surface area contributed by atoms with Gasteiger partial charge in [-0.15, -0.1) is 11.3 Å². The molecule has 0 aliphatic rings. The van der Waals surface area contributed by atoms with Crippen LogP contribution < -0.4 is 15.6 Å². The van der Waals surface area contributed by atoms with Crippen LogP contribution in [-0.2, 0) is 6.42 Å². The van der Waals surface area contributed by atoms with Gasteiger partial charge >= 0.3 is 0 Å². The SMILES string of the molecule is COc1ccc(-c2csc(CCNC(=O)c3ccc(=O)n(-c4ccccc4)c3)n2)cc1. The Hall–Kier alpha value is -3.71. The highest BCUT2D eigenvalue weighted by Gasteiger charge is 2.10. The number of pyridine rings is 1. The third-order valence-electron chi connectivity index (χ3n) is 4.77. The molecule has 31 heavy (non-hydrogen) atoms. The lowest BCUT2D eigenvalue weighted by Crippen LogP contribution is -2.27. The van der Waals surface area contributed by atoms with Crippen LogP contribution in [-0.4, -0.2) is 29.1 Å². The van der Waals surface area contributed by atoms with E-state index in [1.165, 1.54) is 10.6 Å². The number of rotatable bonds is 7. The fourth-order valence-electron chi connectivity index (χ4n) is 3.12. The van der Waals surface area contributed by atoms with Gasteiger partial charge in [0, 0.05) is 41.9 Å². The lowest BCUT2D eigenvalue weighted by atomic mass is 10.2. The minimum absolute atomic E-state index is 0.184. The van der Waals surface area contributed by atoms with E-state index >= 15 is 0 Å². The zero-order valence-electron chi connectivity index (χ0n) is 16.9. The normalized spacial score (nSPS) is 10.6. The molecule has 4 aromatic rings. The molecule has 6 nitrogen and oxygen atoms in total. The fourth-order valence-corrected chi connectivity index (χ4v) is 3.92. The average molecular weight is 432 g/mol. The van der Waals surface area contributed by atoms with E-state index < -0.39 is 0 Å². The molecule has 0 aliphatic carbocycles. The lowest BCUT2D eigenvalue weighted by Gasteiger charge is -2.08. The molecule has 0 aliphatic heterocycles. The first kappa shape index (κ1) is 20.6. The van der Waals surface area contributed by atoms with E-state index in [2.05, 4.69) is 10.3 Å². The predicted octanol–water partition coefficient (Wildman–Crippen LogP) is 3.94. The summed E-state index contributed by atoms with van der Waals surface area (Å²) in [5.74, 6) is 0.581. The molecule has 0 bridgehead atoms. The van der Waals surface area contributed by atoms with Crippen LogP contribution in [0.3, 0.4) is 0 Å². The third kappa shape index (κ3) is 4.90. The topological polar surface area (TPSA) is 73.2 Å². The number of carbonyl (C=O) groups is 1. The van der Waals surface area contributed by atoms with Crippen molar-refractivity contribution < 1.29 is 9.53 Å². The summed E-state index contributed by atoms with van der Waals surface area (Å²) in [6.07, 6.45) is 2.20.